The first kappa shape index (κ1) is 13.7. The van der Waals surface area contributed by atoms with E-state index in [4.69, 9.17) is 10.5 Å². The van der Waals surface area contributed by atoms with Crippen LogP contribution >= 0.6 is 0 Å². The van der Waals surface area contributed by atoms with Gasteiger partial charge in [-0.1, -0.05) is 17.7 Å². The lowest BCUT2D eigenvalue weighted by atomic mass is 9.95. The second-order valence-corrected chi connectivity index (χ2v) is 5.20. The van der Waals surface area contributed by atoms with Gasteiger partial charge in [0.25, 0.3) is 0 Å². The molecule has 0 fully saturated rings. The monoisotopic (exact) mass is 235 g/mol. The number of ketones is 1. The zero-order valence-corrected chi connectivity index (χ0v) is 11.0. The van der Waals surface area contributed by atoms with E-state index < -0.39 is 5.54 Å². The van der Waals surface area contributed by atoms with Crippen LogP contribution in [0.25, 0.3) is 0 Å². The number of nitrogens with two attached hydrogens (primary N) is 1. The minimum absolute atomic E-state index is 0.140. The molecular weight excluding hydrogens is 214 g/mol. The summed E-state index contributed by atoms with van der Waals surface area (Å²) in [6.45, 7) is 5.72. The standard InChI is InChI=1S/C14H21NO2/c1-10-5-6-13(17-4)11(7-10)8-12(16)9-14(2,3)15/h5-7H,8-9,15H2,1-4H3. The topological polar surface area (TPSA) is 52.3 Å². The molecule has 1 aromatic carbocycles. The molecule has 0 atom stereocenters. The van der Waals surface area contributed by atoms with Crippen LogP contribution in [0.15, 0.2) is 18.2 Å². The van der Waals surface area contributed by atoms with Gasteiger partial charge in [0, 0.05) is 23.9 Å². The Morgan fingerprint density at radius 2 is 2.06 bits per heavy atom. The maximum Gasteiger partial charge on any atom is 0.139 e. The molecule has 0 saturated carbocycles. The Morgan fingerprint density at radius 1 is 1.41 bits per heavy atom. The fourth-order valence-electron chi connectivity index (χ4n) is 1.83. The molecule has 0 aliphatic heterocycles. The summed E-state index contributed by atoms with van der Waals surface area (Å²) in [5.41, 5.74) is 7.45. The highest BCUT2D eigenvalue weighted by molar-refractivity contribution is 5.82. The largest absolute Gasteiger partial charge is 0.496 e. The summed E-state index contributed by atoms with van der Waals surface area (Å²) in [4.78, 5) is 11.9. The minimum atomic E-state index is -0.450. The van der Waals surface area contributed by atoms with Gasteiger partial charge in [-0.05, 0) is 26.8 Å². The van der Waals surface area contributed by atoms with E-state index in [1.807, 2.05) is 39.0 Å². The predicted octanol–water partition coefficient (Wildman–Crippen LogP) is 2.24. The molecule has 2 N–H and O–H groups in total. The molecule has 0 aromatic heterocycles. The van der Waals surface area contributed by atoms with Crippen molar-refractivity contribution in [2.24, 2.45) is 5.73 Å². The van der Waals surface area contributed by atoms with Gasteiger partial charge in [-0.25, -0.2) is 0 Å². The molecule has 0 saturated heterocycles. The van der Waals surface area contributed by atoms with Crippen LogP contribution in [0.1, 0.15) is 31.4 Å². The van der Waals surface area contributed by atoms with Crippen molar-refractivity contribution in [3.8, 4) is 5.75 Å². The van der Waals surface area contributed by atoms with Crippen LogP contribution in [0.2, 0.25) is 0 Å². The molecule has 3 heteroatoms. The number of methoxy groups -OCH3 is 1. The van der Waals surface area contributed by atoms with Gasteiger partial charge in [-0.2, -0.15) is 0 Å². The van der Waals surface area contributed by atoms with Crippen LogP contribution in [-0.2, 0) is 11.2 Å². The third-order valence-corrected chi connectivity index (χ3v) is 2.48. The summed E-state index contributed by atoms with van der Waals surface area (Å²) < 4.78 is 5.25. The first-order valence-corrected chi connectivity index (χ1v) is 5.76. The zero-order chi connectivity index (χ0) is 13.1. The van der Waals surface area contributed by atoms with Crippen LogP contribution in [0.4, 0.5) is 0 Å². The van der Waals surface area contributed by atoms with Crippen molar-refractivity contribution in [2.45, 2.75) is 39.2 Å². The van der Waals surface area contributed by atoms with Crippen LogP contribution in [0.3, 0.4) is 0 Å². The SMILES string of the molecule is COc1ccc(C)cc1CC(=O)CC(C)(C)N. The lowest BCUT2D eigenvalue weighted by Gasteiger charge is -2.17. The highest BCUT2D eigenvalue weighted by Crippen LogP contribution is 2.21. The highest BCUT2D eigenvalue weighted by atomic mass is 16.5. The first-order chi connectivity index (χ1) is 7.81. The molecule has 0 bridgehead atoms. The van der Waals surface area contributed by atoms with Crippen LogP contribution in [0.5, 0.6) is 5.75 Å². The Hall–Kier alpha value is -1.35. The smallest absolute Gasteiger partial charge is 0.139 e. The molecule has 17 heavy (non-hydrogen) atoms. The summed E-state index contributed by atoms with van der Waals surface area (Å²) in [6.07, 6.45) is 0.760. The number of carbonyl (C=O) groups excluding carboxylic acids is 1. The van der Waals surface area contributed by atoms with E-state index >= 15 is 0 Å². The van der Waals surface area contributed by atoms with Gasteiger partial charge in [0.05, 0.1) is 7.11 Å². The van der Waals surface area contributed by atoms with E-state index in [1.54, 1.807) is 7.11 Å². The van der Waals surface area contributed by atoms with Gasteiger partial charge < -0.3 is 10.5 Å². The summed E-state index contributed by atoms with van der Waals surface area (Å²) in [5.74, 6) is 0.903. The van der Waals surface area contributed by atoms with Crippen molar-refractivity contribution in [3.63, 3.8) is 0 Å². The number of aryl methyl sites for hydroxylation is 1. The number of benzene rings is 1. The third-order valence-electron chi connectivity index (χ3n) is 2.48. The van der Waals surface area contributed by atoms with Crippen LogP contribution < -0.4 is 10.5 Å². The van der Waals surface area contributed by atoms with Gasteiger partial charge in [0.15, 0.2) is 0 Å². The fraction of sp³-hybridized carbons (Fsp3) is 0.500. The fourth-order valence-corrected chi connectivity index (χ4v) is 1.83. The van der Waals surface area contributed by atoms with Gasteiger partial charge in [0.1, 0.15) is 11.5 Å². The normalized spacial score (nSPS) is 11.4. The predicted molar refractivity (Wildman–Crippen MR) is 69.3 cm³/mol. The van der Waals surface area contributed by atoms with E-state index in [-0.39, 0.29) is 5.78 Å². The van der Waals surface area contributed by atoms with Crippen molar-refractivity contribution in [2.75, 3.05) is 7.11 Å². The molecule has 0 unspecified atom stereocenters. The Kier molecular flexibility index (Phi) is 4.29. The number of hydrogen-bond acceptors (Lipinski definition) is 3. The Bertz CT molecular complexity index is 405. The molecule has 1 aromatic rings. The van der Waals surface area contributed by atoms with Crippen molar-refractivity contribution < 1.29 is 9.53 Å². The van der Waals surface area contributed by atoms with Gasteiger partial charge in [-0.15, -0.1) is 0 Å². The Labute approximate surface area is 103 Å². The molecular formula is C14H21NO2. The van der Waals surface area contributed by atoms with Gasteiger partial charge in [-0.3, -0.25) is 4.79 Å². The summed E-state index contributed by atoms with van der Waals surface area (Å²) >= 11 is 0. The second kappa shape index (κ2) is 5.32. The van der Waals surface area contributed by atoms with Crippen molar-refractivity contribution in [3.05, 3.63) is 29.3 Å². The van der Waals surface area contributed by atoms with Gasteiger partial charge >= 0.3 is 0 Å². The number of ether oxygens (including phenoxy) is 1. The molecule has 0 heterocycles. The van der Waals surface area contributed by atoms with Crippen LogP contribution in [0, 0.1) is 6.92 Å². The number of carbonyl (C=O) groups is 1. The molecule has 3 nitrogen and oxygen atoms in total. The maximum atomic E-state index is 11.9. The van der Waals surface area contributed by atoms with Crippen molar-refractivity contribution in [1.82, 2.24) is 0 Å². The Balaban J connectivity index is 2.80. The van der Waals surface area contributed by atoms with Crippen LogP contribution in [-0.4, -0.2) is 18.4 Å². The first-order valence-electron chi connectivity index (χ1n) is 5.76. The van der Waals surface area contributed by atoms with E-state index in [9.17, 15) is 4.79 Å². The highest BCUT2D eigenvalue weighted by Gasteiger charge is 2.17. The van der Waals surface area contributed by atoms with Gasteiger partial charge in [0.2, 0.25) is 0 Å². The molecule has 0 aliphatic carbocycles. The van der Waals surface area contributed by atoms with E-state index in [2.05, 4.69) is 0 Å². The zero-order valence-electron chi connectivity index (χ0n) is 11.0. The number of rotatable bonds is 5. The van der Waals surface area contributed by atoms with E-state index in [1.165, 1.54) is 0 Å². The lowest BCUT2D eigenvalue weighted by Crippen LogP contribution is -2.35. The van der Waals surface area contributed by atoms with E-state index in [0.29, 0.717) is 12.8 Å². The average Bonchev–Trinajstić information content (AvgIpc) is 2.14. The summed E-state index contributed by atoms with van der Waals surface area (Å²) in [5, 5.41) is 0. The maximum absolute atomic E-state index is 11.9. The van der Waals surface area contributed by atoms with E-state index in [0.717, 1.165) is 16.9 Å². The summed E-state index contributed by atoms with van der Waals surface area (Å²) in [6, 6.07) is 5.85. The lowest BCUT2D eigenvalue weighted by molar-refractivity contribution is -0.119. The average molecular weight is 235 g/mol. The molecule has 0 radical (unpaired) electrons. The quantitative estimate of drug-likeness (QED) is 0.851. The molecule has 94 valence electrons. The van der Waals surface area contributed by atoms with Crippen molar-refractivity contribution >= 4 is 5.78 Å². The molecule has 0 aliphatic rings. The number of Topliss-reactive ketones (excluding diaryl/α,β-unsaturated/α-hetero) is 1. The molecule has 0 spiro atoms. The minimum Gasteiger partial charge on any atom is -0.496 e. The third kappa shape index (κ3) is 4.57. The second-order valence-electron chi connectivity index (χ2n) is 5.20. The summed E-state index contributed by atoms with van der Waals surface area (Å²) in [7, 11) is 1.62. The molecule has 0 amide bonds. The molecule has 1 rings (SSSR count). The number of hydrogen-bond donors (Lipinski definition) is 1. The Morgan fingerprint density at radius 3 is 2.59 bits per heavy atom. The van der Waals surface area contributed by atoms with Crippen molar-refractivity contribution in [1.29, 1.82) is 0 Å².